The number of hydrogen-bond donors (Lipinski definition) is 2. The van der Waals surface area contributed by atoms with E-state index in [2.05, 4.69) is 4.74 Å². The number of alkyl halides is 3. The predicted octanol–water partition coefficient (Wildman–Crippen LogP) is 1.89. The van der Waals surface area contributed by atoms with Crippen molar-refractivity contribution in [2.24, 2.45) is 0 Å². The van der Waals surface area contributed by atoms with Gasteiger partial charge in [0.25, 0.3) is 0 Å². The molecule has 0 aliphatic rings. The van der Waals surface area contributed by atoms with Crippen LogP contribution in [0, 0.1) is 0 Å². The molecule has 0 radical (unpaired) electrons. The number of alkyl carbamates (subject to hydrolysis) is 1. The number of hydrogen-bond acceptors (Lipinski definition) is 4. The second-order valence-corrected chi connectivity index (χ2v) is 4.62. The fraction of sp³-hybridized carbons (Fsp3) is 0.800. The summed E-state index contributed by atoms with van der Waals surface area (Å²) in [5.74, 6) is -1.48. The number of amides is 1. The number of nitrogens with one attached hydrogen (secondary N) is 1. The third kappa shape index (κ3) is 10.1. The number of rotatable bonds is 5. The lowest BCUT2D eigenvalue weighted by Crippen LogP contribution is -2.44. The maximum Gasteiger partial charge on any atom is 0.522 e. The van der Waals surface area contributed by atoms with Gasteiger partial charge in [-0.15, -0.1) is 13.2 Å². The zero-order chi connectivity index (χ0) is 15.3. The van der Waals surface area contributed by atoms with E-state index in [0.29, 0.717) is 0 Å². The second kappa shape index (κ2) is 6.60. The van der Waals surface area contributed by atoms with E-state index in [9.17, 15) is 22.8 Å². The van der Waals surface area contributed by atoms with Gasteiger partial charge in [0.2, 0.25) is 0 Å². The third-order valence-electron chi connectivity index (χ3n) is 1.66. The van der Waals surface area contributed by atoms with Crippen molar-refractivity contribution in [3.05, 3.63) is 0 Å². The number of aliphatic carboxylic acids is 1. The Kier molecular flexibility index (Phi) is 6.07. The summed E-state index contributed by atoms with van der Waals surface area (Å²) in [4.78, 5) is 22.0. The first-order valence-corrected chi connectivity index (χ1v) is 5.34. The molecule has 0 aromatic rings. The topological polar surface area (TPSA) is 84.9 Å². The Hall–Kier alpha value is -1.51. The van der Waals surface area contributed by atoms with E-state index < -0.39 is 43.1 Å². The number of ether oxygens (including phenoxy) is 2. The highest BCUT2D eigenvalue weighted by molar-refractivity contribution is 5.79. The van der Waals surface area contributed by atoms with Gasteiger partial charge in [-0.3, -0.25) is 4.74 Å². The lowest BCUT2D eigenvalue weighted by molar-refractivity contribution is -0.324. The minimum absolute atomic E-state index is 0.534. The maximum atomic E-state index is 11.7. The van der Waals surface area contributed by atoms with E-state index >= 15 is 0 Å². The van der Waals surface area contributed by atoms with Crippen LogP contribution in [0.25, 0.3) is 0 Å². The summed E-state index contributed by atoms with van der Waals surface area (Å²) in [5.41, 5.74) is -0.838. The molecule has 0 rings (SSSR count). The zero-order valence-corrected chi connectivity index (χ0v) is 10.7. The monoisotopic (exact) mass is 287 g/mol. The number of halogens is 3. The summed E-state index contributed by atoms with van der Waals surface area (Å²) < 4.78 is 43.4. The number of carbonyl (C=O) groups excluding carboxylic acids is 1. The van der Waals surface area contributed by atoms with Crippen LogP contribution < -0.4 is 5.32 Å². The van der Waals surface area contributed by atoms with Crippen molar-refractivity contribution in [3.8, 4) is 0 Å². The van der Waals surface area contributed by atoms with E-state index in [1.165, 1.54) is 0 Å². The molecule has 9 heteroatoms. The highest BCUT2D eigenvalue weighted by Crippen LogP contribution is 2.16. The normalized spacial score (nSPS) is 13.8. The van der Waals surface area contributed by atoms with Crippen LogP contribution in [0.5, 0.6) is 0 Å². The van der Waals surface area contributed by atoms with Gasteiger partial charge in [-0.05, 0) is 20.8 Å². The fourth-order valence-electron chi connectivity index (χ4n) is 1.000. The Bertz CT molecular complexity index is 324. The molecule has 0 saturated carbocycles. The summed E-state index contributed by atoms with van der Waals surface area (Å²) >= 11 is 0. The first-order chi connectivity index (χ1) is 8.41. The van der Waals surface area contributed by atoms with Crippen molar-refractivity contribution in [1.29, 1.82) is 0 Å². The van der Waals surface area contributed by atoms with Gasteiger partial charge in [-0.1, -0.05) is 0 Å². The molecule has 0 aliphatic heterocycles. The molecule has 6 nitrogen and oxygen atoms in total. The molecule has 0 aromatic heterocycles. The Morgan fingerprint density at radius 1 is 1.26 bits per heavy atom. The minimum atomic E-state index is -4.84. The molecule has 19 heavy (non-hydrogen) atoms. The lowest BCUT2D eigenvalue weighted by atomic mass is 10.2. The van der Waals surface area contributed by atoms with Crippen LogP contribution >= 0.6 is 0 Å². The SMILES string of the molecule is CC(C)(C)OC(=O)N[C@@H](CCOC(F)(F)F)C(=O)O. The predicted molar refractivity (Wildman–Crippen MR) is 57.4 cm³/mol. The van der Waals surface area contributed by atoms with Gasteiger partial charge in [0.1, 0.15) is 11.6 Å². The average molecular weight is 287 g/mol. The fourth-order valence-corrected chi connectivity index (χ4v) is 1.000. The number of carboxylic acids is 1. The Morgan fingerprint density at radius 2 is 1.79 bits per heavy atom. The van der Waals surface area contributed by atoms with Crippen LogP contribution in [0.3, 0.4) is 0 Å². The van der Waals surface area contributed by atoms with Gasteiger partial charge in [-0.25, -0.2) is 9.59 Å². The molecule has 0 spiro atoms. The van der Waals surface area contributed by atoms with Crippen molar-refractivity contribution in [3.63, 3.8) is 0 Å². The largest absolute Gasteiger partial charge is 0.522 e. The minimum Gasteiger partial charge on any atom is -0.480 e. The van der Waals surface area contributed by atoms with E-state index in [4.69, 9.17) is 9.84 Å². The molecule has 0 heterocycles. The Morgan fingerprint density at radius 3 is 2.16 bits per heavy atom. The van der Waals surface area contributed by atoms with Gasteiger partial charge in [0, 0.05) is 6.42 Å². The van der Waals surface area contributed by atoms with Crippen LogP contribution in [-0.2, 0) is 14.3 Å². The van der Waals surface area contributed by atoms with Crippen molar-refractivity contribution in [2.45, 2.75) is 45.2 Å². The van der Waals surface area contributed by atoms with Gasteiger partial charge in [0.05, 0.1) is 6.61 Å². The highest BCUT2D eigenvalue weighted by atomic mass is 19.4. The van der Waals surface area contributed by atoms with Crippen molar-refractivity contribution >= 4 is 12.1 Å². The second-order valence-electron chi connectivity index (χ2n) is 4.62. The molecule has 112 valence electrons. The first-order valence-electron chi connectivity index (χ1n) is 5.34. The molecule has 2 N–H and O–H groups in total. The Balaban J connectivity index is 4.28. The van der Waals surface area contributed by atoms with Gasteiger partial charge in [0.15, 0.2) is 0 Å². The zero-order valence-electron chi connectivity index (χ0n) is 10.7. The first kappa shape index (κ1) is 17.5. The molecule has 0 bridgehead atoms. The van der Waals surface area contributed by atoms with E-state index in [1.807, 2.05) is 5.32 Å². The molecule has 0 aliphatic carbocycles. The van der Waals surface area contributed by atoms with Crippen molar-refractivity contribution < 1.29 is 37.3 Å². The van der Waals surface area contributed by atoms with E-state index in [-0.39, 0.29) is 0 Å². The van der Waals surface area contributed by atoms with Crippen molar-refractivity contribution in [2.75, 3.05) is 6.61 Å². The van der Waals surface area contributed by atoms with Crippen molar-refractivity contribution in [1.82, 2.24) is 5.32 Å². The molecular weight excluding hydrogens is 271 g/mol. The summed E-state index contributed by atoms with van der Waals surface area (Å²) in [6.45, 7) is 3.82. The molecule has 1 atom stereocenters. The van der Waals surface area contributed by atoms with Gasteiger partial charge >= 0.3 is 18.4 Å². The van der Waals surface area contributed by atoms with Crippen LogP contribution in [0.2, 0.25) is 0 Å². The van der Waals surface area contributed by atoms with Gasteiger partial charge in [-0.2, -0.15) is 0 Å². The molecular formula is C10H16F3NO5. The smallest absolute Gasteiger partial charge is 0.480 e. The van der Waals surface area contributed by atoms with Gasteiger partial charge < -0.3 is 15.2 Å². The molecule has 0 aromatic carbocycles. The molecule has 0 unspecified atom stereocenters. The average Bonchev–Trinajstić information content (AvgIpc) is 2.10. The van der Waals surface area contributed by atoms with Crippen LogP contribution in [0.15, 0.2) is 0 Å². The molecule has 0 fully saturated rings. The Labute approximate surface area is 107 Å². The van der Waals surface area contributed by atoms with E-state index in [1.54, 1.807) is 20.8 Å². The summed E-state index contributed by atoms with van der Waals surface area (Å²) in [5, 5.41) is 10.7. The van der Waals surface area contributed by atoms with Crippen LogP contribution in [-0.4, -0.2) is 41.8 Å². The third-order valence-corrected chi connectivity index (χ3v) is 1.66. The highest BCUT2D eigenvalue weighted by Gasteiger charge is 2.30. The van der Waals surface area contributed by atoms with E-state index in [0.717, 1.165) is 0 Å². The summed E-state index contributed by atoms with van der Waals surface area (Å²) in [6, 6.07) is -1.52. The summed E-state index contributed by atoms with van der Waals surface area (Å²) in [6.07, 6.45) is -6.39. The lowest BCUT2D eigenvalue weighted by Gasteiger charge is -2.22. The quantitative estimate of drug-likeness (QED) is 0.806. The van der Waals surface area contributed by atoms with Crippen LogP contribution in [0.4, 0.5) is 18.0 Å². The van der Waals surface area contributed by atoms with Crippen LogP contribution in [0.1, 0.15) is 27.2 Å². The molecule has 0 saturated heterocycles. The number of carbonyl (C=O) groups is 2. The number of carboxylic acid groups (broad SMARTS) is 1. The maximum absolute atomic E-state index is 11.7. The summed E-state index contributed by atoms with van der Waals surface area (Å²) in [7, 11) is 0. The molecule has 1 amide bonds. The standard InChI is InChI=1S/C10H16F3NO5/c1-9(2,3)19-8(17)14-6(7(15)16)4-5-18-10(11,12)13/h6H,4-5H2,1-3H3,(H,14,17)(H,15,16)/t6-/m0/s1.